The Morgan fingerprint density at radius 2 is 2.25 bits per heavy atom. The van der Waals surface area contributed by atoms with Crippen LogP contribution in [0, 0.1) is 6.92 Å². The van der Waals surface area contributed by atoms with E-state index in [0.29, 0.717) is 24.2 Å². The van der Waals surface area contributed by atoms with Gasteiger partial charge in [0.1, 0.15) is 0 Å². The van der Waals surface area contributed by atoms with Crippen molar-refractivity contribution in [2.75, 3.05) is 18.8 Å². The third-order valence-corrected chi connectivity index (χ3v) is 3.50. The molecule has 1 aromatic carbocycles. The maximum absolute atomic E-state index is 12.2. The predicted molar refractivity (Wildman–Crippen MR) is 78.3 cm³/mol. The number of carbonyl (C=O) groups is 2. The van der Waals surface area contributed by atoms with E-state index in [9.17, 15) is 9.59 Å². The second-order valence-electron chi connectivity index (χ2n) is 5.41. The zero-order valence-corrected chi connectivity index (χ0v) is 12.0. The second-order valence-corrected chi connectivity index (χ2v) is 5.41. The lowest BCUT2D eigenvalue weighted by Crippen LogP contribution is -2.42. The number of benzene rings is 1. The van der Waals surface area contributed by atoms with Gasteiger partial charge in [-0.2, -0.15) is 0 Å². The molecule has 108 valence electrons. The molecule has 2 rings (SSSR count). The fourth-order valence-corrected chi connectivity index (χ4v) is 2.44. The van der Waals surface area contributed by atoms with E-state index in [1.165, 1.54) is 0 Å². The van der Waals surface area contributed by atoms with Crippen LogP contribution in [0.2, 0.25) is 0 Å². The van der Waals surface area contributed by atoms with Gasteiger partial charge in [-0.1, -0.05) is 11.6 Å². The van der Waals surface area contributed by atoms with E-state index in [1.807, 2.05) is 19.9 Å². The molecule has 3 N–H and O–H groups in total. The van der Waals surface area contributed by atoms with Crippen molar-refractivity contribution < 1.29 is 9.59 Å². The minimum absolute atomic E-state index is 0.0931. The predicted octanol–water partition coefficient (Wildman–Crippen LogP) is 1.32. The summed E-state index contributed by atoms with van der Waals surface area (Å²) in [5.74, 6) is -0.0217. The highest BCUT2D eigenvalue weighted by Gasteiger charge is 2.22. The molecule has 20 heavy (non-hydrogen) atoms. The molecule has 1 unspecified atom stereocenters. The van der Waals surface area contributed by atoms with Crippen LogP contribution in [0.3, 0.4) is 0 Å². The number of nitrogen functional groups attached to an aromatic ring is 1. The molecule has 5 nitrogen and oxygen atoms in total. The number of nitrogens with one attached hydrogen (secondary N) is 1. The number of likely N-dealkylation sites (tertiary alicyclic amines) is 1. The van der Waals surface area contributed by atoms with Crippen LogP contribution in [0.25, 0.3) is 0 Å². The van der Waals surface area contributed by atoms with Gasteiger partial charge < -0.3 is 16.0 Å². The molecule has 1 aliphatic rings. The molecule has 2 amide bonds. The summed E-state index contributed by atoms with van der Waals surface area (Å²) in [7, 11) is 0. The summed E-state index contributed by atoms with van der Waals surface area (Å²) in [6, 6.07) is 5.29. The summed E-state index contributed by atoms with van der Waals surface area (Å²) in [6.45, 7) is 5.15. The van der Waals surface area contributed by atoms with Crippen molar-refractivity contribution in [3.8, 4) is 0 Å². The first kappa shape index (κ1) is 14.4. The minimum Gasteiger partial charge on any atom is -0.398 e. The van der Waals surface area contributed by atoms with Crippen molar-refractivity contribution in [3.63, 3.8) is 0 Å². The van der Waals surface area contributed by atoms with Crippen molar-refractivity contribution in [2.24, 2.45) is 0 Å². The molecule has 0 aliphatic carbocycles. The largest absolute Gasteiger partial charge is 0.398 e. The first-order valence-corrected chi connectivity index (χ1v) is 6.92. The van der Waals surface area contributed by atoms with Crippen LogP contribution in [-0.4, -0.2) is 35.8 Å². The monoisotopic (exact) mass is 275 g/mol. The van der Waals surface area contributed by atoms with Crippen LogP contribution in [0.5, 0.6) is 0 Å². The van der Waals surface area contributed by atoms with E-state index in [-0.39, 0.29) is 17.9 Å². The fourth-order valence-electron chi connectivity index (χ4n) is 2.44. The summed E-state index contributed by atoms with van der Waals surface area (Å²) in [6.07, 6.45) is 1.52. The number of nitrogens with two attached hydrogens (primary N) is 1. The van der Waals surface area contributed by atoms with Crippen LogP contribution in [-0.2, 0) is 4.79 Å². The molecule has 0 aromatic heterocycles. The Hall–Kier alpha value is -2.04. The number of aryl methyl sites for hydroxylation is 1. The summed E-state index contributed by atoms with van der Waals surface area (Å²) < 4.78 is 0. The molecular weight excluding hydrogens is 254 g/mol. The topological polar surface area (TPSA) is 75.4 Å². The smallest absolute Gasteiger partial charge is 0.253 e. The van der Waals surface area contributed by atoms with Crippen LogP contribution >= 0.6 is 0 Å². The average molecular weight is 275 g/mol. The number of anilines is 1. The van der Waals surface area contributed by atoms with E-state index >= 15 is 0 Å². The average Bonchev–Trinajstić information content (AvgIpc) is 2.77. The Labute approximate surface area is 119 Å². The molecule has 1 fully saturated rings. The second kappa shape index (κ2) is 5.94. The van der Waals surface area contributed by atoms with E-state index in [1.54, 1.807) is 17.0 Å². The highest BCUT2D eigenvalue weighted by Crippen LogP contribution is 2.14. The van der Waals surface area contributed by atoms with Gasteiger partial charge in [0.15, 0.2) is 0 Å². The normalized spacial score (nSPS) is 16.3. The van der Waals surface area contributed by atoms with Gasteiger partial charge in [-0.25, -0.2) is 0 Å². The van der Waals surface area contributed by atoms with Gasteiger partial charge in [-0.05, 0) is 32.4 Å². The third kappa shape index (κ3) is 3.29. The number of hydrogen-bond donors (Lipinski definition) is 2. The number of amides is 2. The van der Waals surface area contributed by atoms with E-state index in [4.69, 9.17) is 5.73 Å². The fraction of sp³-hybridized carbons (Fsp3) is 0.467. The molecule has 1 aromatic rings. The van der Waals surface area contributed by atoms with Crippen molar-refractivity contribution in [3.05, 3.63) is 29.3 Å². The lowest BCUT2D eigenvalue weighted by atomic mass is 10.1. The SMILES string of the molecule is Cc1ccc(N)c(C(=O)NC(C)CN2CCCC2=O)c1. The standard InChI is InChI=1S/C15H21N3O2/c1-10-5-6-13(16)12(8-10)15(20)17-11(2)9-18-7-3-4-14(18)19/h5-6,8,11H,3-4,7,9,16H2,1-2H3,(H,17,20). The maximum atomic E-state index is 12.2. The quantitative estimate of drug-likeness (QED) is 0.814. The van der Waals surface area contributed by atoms with Gasteiger partial charge in [-0.3, -0.25) is 9.59 Å². The maximum Gasteiger partial charge on any atom is 0.253 e. The zero-order chi connectivity index (χ0) is 14.7. The highest BCUT2D eigenvalue weighted by molar-refractivity contribution is 5.99. The number of hydrogen-bond acceptors (Lipinski definition) is 3. The Balaban J connectivity index is 1.96. The first-order valence-electron chi connectivity index (χ1n) is 6.92. The number of carbonyl (C=O) groups excluding carboxylic acids is 2. The van der Waals surface area contributed by atoms with Crippen LogP contribution in [0.4, 0.5) is 5.69 Å². The van der Waals surface area contributed by atoms with E-state index in [0.717, 1.165) is 18.5 Å². The van der Waals surface area contributed by atoms with Gasteiger partial charge in [0.05, 0.1) is 5.56 Å². The molecule has 1 aliphatic heterocycles. The lowest BCUT2D eigenvalue weighted by Gasteiger charge is -2.22. The van der Waals surface area contributed by atoms with Crippen LogP contribution in [0.1, 0.15) is 35.7 Å². The van der Waals surface area contributed by atoms with Gasteiger partial charge in [0, 0.05) is 31.2 Å². The lowest BCUT2D eigenvalue weighted by molar-refractivity contribution is -0.127. The van der Waals surface area contributed by atoms with Gasteiger partial charge >= 0.3 is 0 Å². The molecule has 1 heterocycles. The number of nitrogens with zero attached hydrogens (tertiary/aromatic N) is 1. The van der Waals surface area contributed by atoms with Crippen molar-refractivity contribution in [1.29, 1.82) is 0 Å². The molecule has 0 radical (unpaired) electrons. The van der Waals surface area contributed by atoms with Crippen LogP contribution in [0.15, 0.2) is 18.2 Å². The van der Waals surface area contributed by atoms with E-state index < -0.39 is 0 Å². The summed E-state index contributed by atoms with van der Waals surface area (Å²) >= 11 is 0. The van der Waals surface area contributed by atoms with Crippen molar-refractivity contribution >= 4 is 17.5 Å². The molecule has 5 heteroatoms. The summed E-state index contributed by atoms with van der Waals surface area (Å²) in [4.78, 5) is 25.5. The Morgan fingerprint density at radius 3 is 2.90 bits per heavy atom. The van der Waals surface area contributed by atoms with Crippen LogP contribution < -0.4 is 11.1 Å². The Morgan fingerprint density at radius 1 is 1.50 bits per heavy atom. The third-order valence-electron chi connectivity index (χ3n) is 3.50. The molecular formula is C15H21N3O2. The molecule has 0 saturated carbocycles. The first-order chi connectivity index (χ1) is 9.47. The van der Waals surface area contributed by atoms with Crippen molar-refractivity contribution in [2.45, 2.75) is 32.7 Å². The summed E-state index contributed by atoms with van der Waals surface area (Å²) in [5, 5.41) is 2.90. The molecule has 0 spiro atoms. The molecule has 1 atom stereocenters. The molecule has 0 bridgehead atoms. The highest BCUT2D eigenvalue weighted by atomic mass is 16.2. The number of rotatable bonds is 4. The Kier molecular flexibility index (Phi) is 4.27. The van der Waals surface area contributed by atoms with Gasteiger partial charge in [0.2, 0.25) is 5.91 Å². The van der Waals surface area contributed by atoms with Gasteiger partial charge in [-0.15, -0.1) is 0 Å². The zero-order valence-electron chi connectivity index (χ0n) is 12.0. The summed E-state index contributed by atoms with van der Waals surface area (Å²) in [5.41, 5.74) is 7.78. The Bertz CT molecular complexity index is 528. The van der Waals surface area contributed by atoms with Gasteiger partial charge in [0.25, 0.3) is 5.91 Å². The molecule has 1 saturated heterocycles. The minimum atomic E-state index is -0.189. The van der Waals surface area contributed by atoms with Crippen molar-refractivity contribution in [1.82, 2.24) is 10.2 Å². The van der Waals surface area contributed by atoms with E-state index in [2.05, 4.69) is 5.32 Å².